The second kappa shape index (κ2) is 22.6. The quantitative estimate of drug-likeness (QED) is 0.112. The number of nitrogens with zero attached hydrogens (tertiary/aromatic N) is 4. The first-order chi connectivity index (χ1) is 33.1. The van der Waals surface area contributed by atoms with Crippen LogP contribution in [-0.2, 0) is 44.8 Å². The highest BCUT2D eigenvalue weighted by molar-refractivity contribution is 7.17. The molecule has 0 saturated carbocycles. The fraction of sp³-hybridized carbons (Fsp3) is 0.447. The molecule has 7 rings (SSSR count). The Bertz CT molecular complexity index is 2660. The molecule has 0 bridgehead atoms. The minimum Gasteiger partial charge on any atom is -0.370 e. The largest absolute Gasteiger partial charge is 0.370 e. The third-order valence-electron chi connectivity index (χ3n) is 12.8. The number of allylic oxidation sites excluding steroid dienone is 4. The monoisotopic (exact) mass is 982 g/mol. The van der Waals surface area contributed by atoms with Gasteiger partial charge in [0.05, 0.1) is 36.0 Å². The van der Waals surface area contributed by atoms with Crippen LogP contribution in [0.15, 0.2) is 66.2 Å². The number of carbonyl (C=O) groups excluding carboxylic acids is 8. The van der Waals surface area contributed by atoms with Crippen LogP contribution in [0.2, 0.25) is 0 Å². The number of benzene rings is 1. The van der Waals surface area contributed by atoms with Crippen molar-refractivity contribution in [1.29, 1.82) is 0 Å². The fourth-order valence-electron chi connectivity index (χ4n) is 8.66. The van der Waals surface area contributed by atoms with Crippen molar-refractivity contribution < 1.29 is 38.4 Å². The Hall–Kier alpha value is -6.78. The molecule has 11 N–H and O–H groups in total. The number of thiophene rings is 2. The average Bonchev–Trinajstić information content (AvgIpc) is 4.19. The van der Waals surface area contributed by atoms with E-state index in [1.54, 1.807) is 36.1 Å². The molecule has 366 valence electrons. The van der Waals surface area contributed by atoms with Crippen molar-refractivity contribution in [2.24, 2.45) is 23.1 Å². The molecular weight excluding hydrogens is 925 g/mol. The summed E-state index contributed by atoms with van der Waals surface area (Å²) in [6, 6.07) is 3.09. The molecule has 69 heavy (non-hydrogen) atoms. The lowest BCUT2D eigenvalue weighted by atomic mass is 9.96. The van der Waals surface area contributed by atoms with Gasteiger partial charge >= 0.3 is 0 Å². The number of rotatable bonds is 10. The summed E-state index contributed by atoms with van der Waals surface area (Å²) < 4.78 is 2.56. The second-order valence-corrected chi connectivity index (χ2v) is 19.7. The molecule has 4 aromatic rings. The number of nitrogens with one attached hydrogen (secondary N) is 5. The number of nitrogens with two attached hydrogens (primary N) is 3. The maximum Gasteiger partial charge on any atom is 0.246 e. The van der Waals surface area contributed by atoms with Gasteiger partial charge in [-0.15, -0.1) is 27.8 Å². The summed E-state index contributed by atoms with van der Waals surface area (Å²) in [4.78, 5) is 113. The van der Waals surface area contributed by atoms with Crippen LogP contribution in [0.4, 0.5) is 0 Å². The zero-order chi connectivity index (χ0) is 49.4. The molecule has 1 aliphatic carbocycles. The summed E-state index contributed by atoms with van der Waals surface area (Å²) in [5.74, 6) is -6.73. The summed E-state index contributed by atoms with van der Waals surface area (Å²) in [5, 5.41) is 25.1. The van der Waals surface area contributed by atoms with E-state index in [9.17, 15) is 33.6 Å². The zero-order valence-electron chi connectivity index (χ0n) is 38.4. The van der Waals surface area contributed by atoms with Crippen LogP contribution in [0.3, 0.4) is 0 Å². The van der Waals surface area contributed by atoms with E-state index >= 15 is 4.79 Å². The van der Waals surface area contributed by atoms with E-state index in [4.69, 9.17) is 17.2 Å². The molecule has 5 heterocycles. The van der Waals surface area contributed by atoms with Gasteiger partial charge in [0.15, 0.2) is 0 Å². The normalized spacial score (nSPS) is 25.2. The Morgan fingerprint density at radius 3 is 2.41 bits per heavy atom. The van der Waals surface area contributed by atoms with Gasteiger partial charge < -0.3 is 48.7 Å². The molecule has 0 unspecified atom stereocenters. The maximum absolute atomic E-state index is 15.1. The molecule has 22 heteroatoms. The van der Waals surface area contributed by atoms with Crippen LogP contribution in [-0.4, -0.2) is 116 Å². The minimum absolute atomic E-state index is 0.0199. The minimum atomic E-state index is -1.58. The highest BCUT2D eigenvalue weighted by Crippen LogP contribution is 2.36. The molecule has 0 spiro atoms. The lowest BCUT2D eigenvalue weighted by Gasteiger charge is -2.33. The van der Waals surface area contributed by atoms with Crippen LogP contribution < -0.4 is 43.8 Å². The standard InChI is InChI=1S/C47H58N12O8S2/c1-3-25(2)41-47(67)58-22-28(59-23-34(56-57-59)38-16-15-36(69-38)26-10-4-5-11-26)19-35(58)46(66)54-32(18-27-24-68-37-14-7-6-12-29(27)37)44(64)52-31(42(50)62)13-8-9-17-51-40(61)20-30(48)43(63)53-33(21-39(49)60)45(65)55-41/h4-7,10,12,14-16,23-25,28,30-33,35,41H,3,8-9,11,13,17-22,48H2,1-2H3,(H2,49,60)(H2,50,62)(H,51,61)(H,52,64)(H,53,63)(H,54,66)(H,55,65)/t25-,28-,30-,31-,32-,33-,35-,41-/m0/s1. The van der Waals surface area contributed by atoms with Gasteiger partial charge in [0, 0.05) is 35.5 Å². The first-order valence-electron chi connectivity index (χ1n) is 23.0. The van der Waals surface area contributed by atoms with Crippen LogP contribution in [0.5, 0.6) is 0 Å². The number of fused-ring (bicyclic) bond motifs is 2. The van der Waals surface area contributed by atoms with Crippen molar-refractivity contribution in [2.75, 3.05) is 13.1 Å². The molecule has 2 fully saturated rings. The van der Waals surface area contributed by atoms with Gasteiger partial charge in [0.2, 0.25) is 47.3 Å². The van der Waals surface area contributed by atoms with E-state index in [1.807, 2.05) is 47.9 Å². The van der Waals surface area contributed by atoms with Gasteiger partial charge in [-0.3, -0.25) is 38.4 Å². The summed E-state index contributed by atoms with van der Waals surface area (Å²) >= 11 is 3.04. The maximum atomic E-state index is 15.1. The van der Waals surface area contributed by atoms with Crippen molar-refractivity contribution in [3.8, 4) is 10.6 Å². The predicted molar refractivity (Wildman–Crippen MR) is 259 cm³/mol. The molecule has 20 nitrogen and oxygen atoms in total. The van der Waals surface area contributed by atoms with Crippen molar-refractivity contribution >= 4 is 85.6 Å². The van der Waals surface area contributed by atoms with Gasteiger partial charge in [-0.2, -0.15) is 0 Å². The van der Waals surface area contributed by atoms with Crippen LogP contribution >= 0.6 is 22.7 Å². The van der Waals surface area contributed by atoms with Crippen LogP contribution in [0.25, 0.3) is 26.2 Å². The smallest absolute Gasteiger partial charge is 0.246 e. The highest BCUT2D eigenvalue weighted by atomic mass is 32.1. The lowest BCUT2D eigenvalue weighted by Crippen LogP contribution is -2.60. The van der Waals surface area contributed by atoms with Crippen molar-refractivity contribution in [3.63, 3.8) is 0 Å². The van der Waals surface area contributed by atoms with Gasteiger partial charge in [-0.05, 0) is 71.7 Å². The molecule has 3 aliphatic rings. The van der Waals surface area contributed by atoms with E-state index in [-0.39, 0.29) is 32.4 Å². The Morgan fingerprint density at radius 2 is 1.67 bits per heavy atom. The van der Waals surface area contributed by atoms with Crippen molar-refractivity contribution in [1.82, 2.24) is 46.5 Å². The van der Waals surface area contributed by atoms with Gasteiger partial charge in [0.25, 0.3) is 0 Å². The summed E-state index contributed by atoms with van der Waals surface area (Å²) in [5.41, 5.74) is 19.9. The SMILES string of the molecule is CC[C@H](C)[C@@H]1NC(=O)[C@H](CC(N)=O)NC(=O)[C@@H](N)CC(=O)NCCCC[C@@H](C(N)=O)NC(=O)[C@H](Cc2csc3ccccc23)NC(=O)[C@@H]2C[C@H](n3cc(-c4ccc(C5=CC=CC5)s4)nn3)CN2C1=O. The topological polar surface area (TPSA) is 309 Å². The summed E-state index contributed by atoms with van der Waals surface area (Å²) in [6.45, 7) is 3.60. The first kappa shape index (κ1) is 50.1. The van der Waals surface area contributed by atoms with Gasteiger partial charge in [-0.25, -0.2) is 4.68 Å². The van der Waals surface area contributed by atoms with Gasteiger partial charge in [-0.1, -0.05) is 61.9 Å². The average molecular weight is 983 g/mol. The molecular formula is C47H58N12O8S2. The van der Waals surface area contributed by atoms with E-state index in [0.29, 0.717) is 25.0 Å². The third-order valence-corrected chi connectivity index (χ3v) is 15.0. The number of primary amides is 2. The molecule has 1 aromatic carbocycles. The zero-order valence-corrected chi connectivity index (χ0v) is 40.0. The molecule has 2 aliphatic heterocycles. The van der Waals surface area contributed by atoms with Gasteiger partial charge in [0.1, 0.15) is 35.9 Å². The summed E-state index contributed by atoms with van der Waals surface area (Å²) in [6.07, 6.45) is 8.84. The summed E-state index contributed by atoms with van der Waals surface area (Å²) in [7, 11) is 0. The Labute approximate surface area is 406 Å². The lowest BCUT2D eigenvalue weighted by molar-refractivity contribution is -0.143. The predicted octanol–water partition coefficient (Wildman–Crippen LogP) is 1.31. The molecule has 3 aromatic heterocycles. The molecule has 0 radical (unpaired) electrons. The van der Waals surface area contributed by atoms with E-state index in [2.05, 4.69) is 49.0 Å². The van der Waals surface area contributed by atoms with E-state index in [0.717, 1.165) is 31.8 Å². The second-order valence-electron chi connectivity index (χ2n) is 17.7. The van der Waals surface area contributed by atoms with E-state index < -0.39 is 108 Å². The van der Waals surface area contributed by atoms with Crippen molar-refractivity contribution in [3.05, 3.63) is 76.6 Å². The number of carbonyl (C=O) groups is 8. The molecule has 2 saturated heterocycles. The molecule has 8 atom stereocenters. The van der Waals surface area contributed by atoms with Crippen LogP contribution in [0, 0.1) is 5.92 Å². The molecule has 8 amide bonds. The fourth-order valence-corrected chi connectivity index (χ4v) is 10.6. The number of hydrogen-bond acceptors (Lipinski definition) is 13. The number of aromatic nitrogens is 3. The highest BCUT2D eigenvalue weighted by Gasteiger charge is 2.45. The van der Waals surface area contributed by atoms with Crippen molar-refractivity contribution in [2.45, 2.75) is 114 Å². The Balaban J connectivity index is 1.24. The number of hydrogen-bond donors (Lipinski definition) is 8. The van der Waals surface area contributed by atoms with E-state index in [1.165, 1.54) is 21.8 Å². The number of amides is 8. The third kappa shape index (κ3) is 12.3. The Kier molecular flexibility index (Phi) is 16.4. The Morgan fingerprint density at radius 1 is 0.913 bits per heavy atom. The van der Waals surface area contributed by atoms with Crippen LogP contribution in [0.1, 0.15) is 81.7 Å². The first-order valence-corrected chi connectivity index (χ1v) is 24.7.